The topological polar surface area (TPSA) is 38.0 Å². The van der Waals surface area contributed by atoms with Crippen LogP contribution < -0.4 is 0 Å². The lowest BCUT2D eigenvalue weighted by Gasteiger charge is -2.05. The molecule has 1 N–H and O–H groups in total. The molecule has 0 amide bonds. The number of aliphatic hydroxyl groups is 1. The third-order valence-corrected chi connectivity index (χ3v) is 1.91. The highest BCUT2D eigenvalue weighted by atomic mass is 79.9. The predicted octanol–water partition coefficient (Wildman–Crippen LogP) is 0.639. The van der Waals surface area contributed by atoms with E-state index in [0.29, 0.717) is 11.9 Å². The molecule has 1 atom stereocenters. The number of nitrogens with zero attached hydrogens (tertiary/aromatic N) is 2. The van der Waals surface area contributed by atoms with Gasteiger partial charge in [-0.3, -0.25) is 0 Å². The van der Waals surface area contributed by atoms with Gasteiger partial charge in [-0.2, -0.15) is 0 Å². The molecular formula is C6H9BrN2O. The summed E-state index contributed by atoms with van der Waals surface area (Å²) in [5, 5.41) is 9.74. The summed E-state index contributed by atoms with van der Waals surface area (Å²) in [4.78, 5) is 3.85. The molecule has 1 rings (SSSR count). The molecule has 0 aliphatic heterocycles. The zero-order chi connectivity index (χ0) is 7.40. The van der Waals surface area contributed by atoms with Crippen LogP contribution in [0.25, 0.3) is 0 Å². The van der Waals surface area contributed by atoms with Crippen LogP contribution >= 0.6 is 15.9 Å². The molecule has 4 heteroatoms. The van der Waals surface area contributed by atoms with Gasteiger partial charge in [-0.1, -0.05) is 15.9 Å². The van der Waals surface area contributed by atoms with Crippen molar-refractivity contribution < 1.29 is 5.11 Å². The predicted molar refractivity (Wildman–Crippen MR) is 42.0 cm³/mol. The van der Waals surface area contributed by atoms with Crippen molar-refractivity contribution in [2.75, 3.05) is 5.33 Å². The molecule has 1 heterocycles. The minimum Gasteiger partial charge on any atom is -0.390 e. The largest absolute Gasteiger partial charge is 0.390 e. The van der Waals surface area contributed by atoms with E-state index in [4.69, 9.17) is 5.11 Å². The van der Waals surface area contributed by atoms with Gasteiger partial charge in [-0.05, 0) is 0 Å². The summed E-state index contributed by atoms with van der Waals surface area (Å²) < 4.78 is 1.84. The number of hydrogen-bond donors (Lipinski definition) is 1. The monoisotopic (exact) mass is 204 g/mol. The summed E-state index contributed by atoms with van der Waals surface area (Å²) in [5.41, 5.74) is 0. The fourth-order valence-corrected chi connectivity index (χ4v) is 0.892. The average molecular weight is 205 g/mol. The maximum atomic E-state index is 9.13. The third kappa shape index (κ3) is 2.11. The van der Waals surface area contributed by atoms with Crippen molar-refractivity contribution in [1.29, 1.82) is 0 Å². The summed E-state index contributed by atoms with van der Waals surface area (Å²) >= 11 is 3.18. The Balaban J connectivity index is 2.40. The Labute approximate surface area is 67.8 Å². The molecule has 3 nitrogen and oxygen atoms in total. The average Bonchev–Trinajstić information content (AvgIpc) is 2.40. The smallest absolute Gasteiger partial charge is 0.0946 e. The Hall–Kier alpha value is -0.350. The fraction of sp³-hybridized carbons (Fsp3) is 0.500. The van der Waals surface area contributed by atoms with Gasteiger partial charge in [0, 0.05) is 17.7 Å². The van der Waals surface area contributed by atoms with Gasteiger partial charge >= 0.3 is 0 Å². The number of alkyl halides is 1. The molecule has 1 aromatic rings. The Morgan fingerprint density at radius 2 is 2.50 bits per heavy atom. The number of aliphatic hydroxyl groups excluding tert-OH is 1. The first kappa shape index (κ1) is 7.75. The van der Waals surface area contributed by atoms with E-state index in [0.717, 1.165) is 0 Å². The number of imidazole rings is 1. The van der Waals surface area contributed by atoms with Crippen molar-refractivity contribution in [3.63, 3.8) is 0 Å². The van der Waals surface area contributed by atoms with Crippen molar-refractivity contribution in [3.05, 3.63) is 18.7 Å². The normalized spacial score (nSPS) is 13.4. The number of hydrogen-bond acceptors (Lipinski definition) is 2. The van der Waals surface area contributed by atoms with Crippen molar-refractivity contribution in [2.24, 2.45) is 0 Å². The molecule has 56 valence electrons. The lowest BCUT2D eigenvalue weighted by molar-refractivity contribution is 0.179. The summed E-state index contributed by atoms with van der Waals surface area (Å²) in [6.07, 6.45) is 4.88. The Morgan fingerprint density at radius 3 is 3.00 bits per heavy atom. The Bertz CT molecular complexity index is 176. The molecule has 1 unspecified atom stereocenters. The third-order valence-electron chi connectivity index (χ3n) is 1.16. The summed E-state index contributed by atoms with van der Waals surface area (Å²) in [6.45, 7) is 0.602. The van der Waals surface area contributed by atoms with E-state index in [2.05, 4.69) is 20.9 Å². The number of aromatic nitrogens is 2. The highest BCUT2D eigenvalue weighted by molar-refractivity contribution is 9.09. The van der Waals surface area contributed by atoms with Gasteiger partial charge in [-0.25, -0.2) is 4.98 Å². The highest BCUT2D eigenvalue weighted by Gasteiger charge is 2.00. The minimum atomic E-state index is -0.325. The van der Waals surface area contributed by atoms with Gasteiger partial charge in [0.1, 0.15) is 0 Å². The van der Waals surface area contributed by atoms with E-state index in [-0.39, 0.29) is 6.10 Å². The lowest BCUT2D eigenvalue weighted by atomic mass is 10.4. The van der Waals surface area contributed by atoms with Gasteiger partial charge < -0.3 is 9.67 Å². The van der Waals surface area contributed by atoms with Crippen LogP contribution in [0.4, 0.5) is 0 Å². The van der Waals surface area contributed by atoms with Crippen LogP contribution in [0.3, 0.4) is 0 Å². The van der Waals surface area contributed by atoms with Crippen molar-refractivity contribution >= 4 is 15.9 Å². The van der Waals surface area contributed by atoms with Crippen molar-refractivity contribution in [1.82, 2.24) is 9.55 Å². The Morgan fingerprint density at radius 1 is 1.70 bits per heavy atom. The molecular weight excluding hydrogens is 196 g/mol. The summed E-state index contributed by atoms with van der Waals surface area (Å²) in [5.74, 6) is 0. The highest BCUT2D eigenvalue weighted by Crippen LogP contribution is 1.95. The molecule has 0 aliphatic carbocycles. The van der Waals surface area contributed by atoms with E-state index in [1.165, 1.54) is 0 Å². The van der Waals surface area contributed by atoms with Crippen LogP contribution in [0.15, 0.2) is 18.7 Å². The first-order chi connectivity index (χ1) is 4.83. The first-order valence-corrected chi connectivity index (χ1v) is 4.15. The van der Waals surface area contributed by atoms with Crippen LogP contribution in [0.5, 0.6) is 0 Å². The molecule has 0 radical (unpaired) electrons. The molecule has 0 aromatic carbocycles. The second-order valence-electron chi connectivity index (χ2n) is 2.07. The fourth-order valence-electron chi connectivity index (χ4n) is 0.687. The van der Waals surface area contributed by atoms with E-state index < -0.39 is 0 Å². The number of rotatable bonds is 3. The molecule has 0 bridgehead atoms. The molecule has 0 saturated carbocycles. The zero-order valence-electron chi connectivity index (χ0n) is 5.44. The van der Waals surface area contributed by atoms with E-state index in [1.54, 1.807) is 12.5 Å². The zero-order valence-corrected chi connectivity index (χ0v) is 7.03. The van der Waals surface area contributed by atoms with E-state index in [1.807, 2.05) is 10.8 Å². The van der Waals surface area contributed by atoms with Crippen LogP contribution in [-0.4, -0.2) is 26.1 Å². The SMILES string of the molecule is OC(CBr)Cn1ccnc1. The maximum absolute atomic E-state index is 9.13. The minimum absolute atomic E-state index is 0.325. The summed E-state index contributed by atoms with van der Waals surface area (Å²) in [6, 6.07) is 0. The van der Waals surface area contributed by atoms with E-state index in [9.17, 15) is 0 Å². The molecule has 1 aromatic heterocycles. The number of halogens is 1. The summed E-state index contributed by atoms with van der Waals surface area (Å²) in [7, 11) is 0. The van der Waals surface area contributed by atoms with Gasteiger partial charge in [0.15, 0.2) is 0 Å². The quantitative estimate of drug-likeness (QED) is 0.735. The van der Waals surface area contributed by atoms with Gasteiger partial charge in [0.25, 0.3) is 0 Å². The molecule has 0 spiro atoms. The molecule has 0 aliphatic rings. The second kappa shape index (κ2) is 3.73. The first-order valence-electron chi connectivity index (χ1n) is 3.02. The molecule has 10 heavy (non-hydrogen) atoms. The molecule has 0 fully saturated rings. The van der Waals surface area contributed by atoms with Gasteiger partial charge in [-0.15, -0.1) is 0 Å². The van der Waals surface area contributed by atoms with Gasteiger partial charge in [0.2, 0.25) is 0 Å². The van der Waals surface area contributed by atoms with E-state index >= 15 is 0 Å². The van der Waals surface area contributed by atoms with Gasteiger partial charge in [0.05, 0.1) is 19.0 Å². The van der Waals surface area contributed by atoms with Crippen LogP contribution in [0.2, 0.25) is 0 Å². The van der Waals surface area contributed by atoms with Crippen LogP contribution in [0, 0.1) is 0 Å². The lowest BCUT2D eigenvalue weighted by Crippen LogP contribution is -2.15. The molecule has 0 saturated heterocycles. The van der Waals surface area contributed by atoms with Crippen LogP contribution in [-0.2, 0) is 6.54 Å². The Kier molecular flexibility index (Phi) is 2.89. The second-order valence-corrected chi connectivity index (χ2v) is 2.72. The van der Waals surface area contributed by atoms with Crippen molar-refractivity contribution in [3.8, 4) is 0 Å². The van der Waals surface area contributed by atoms with Crippen LogP contribution in [0.1, 0.15) is 0 Å². The standard InChI is InChI=1S/C6H9BrN2O/c7-3-6(10)4-9-2-1-8-5-9/h1-2,5-6,10H,3-4H2. The maximum Gasteiger partial charge on any atom is 0.0946 e. The van der Waals surface area contributed by atoms with Crippen molar-refractivity contribution in [2.45, 2.75) is 12.6 Å².